The highest BCUT2D eigenvalue weighted by molar-refractivity contribution is 6.02. The highest BCUT2D eigenvalue weighted by Crippen LogP contribution is 2.23. The molecule has 2 aliphatic heterocycles. The van der Waals surface area contributed by atoms with Crippen molar-refractivity contribution in [2.24, 2.45) is 0 Å². The summed E-state index contributed by atoms with van der Waals surface area (Å²) in [5, 5.41) is 8.99. The predicted molar refractivity (Wildman–Crippen MR) is 66.2 cm³/mol. The summed E-state index contributed by atoms with van der Waals surface area (Å²) in [6.45, 7) is 1.35. The fourth-order valence-corrected chi connectivity index (χ4v) is 2.82. The Kier molecular flexibility index (Phi) is 2.92. The van der Waals surface area contributed by atoms with E-state index in [1.807, 2.05) is 0 Å². The molecule has 2 fully saturated rings. The Bertz CT molecular complexity index is 582. The number of rotatable bonds is 2. The van der Waals surface area contributed by atoms with Crippen LogP contribution >= 0.6 is 0 Å². The van der Waals surface area contributed by atoms with Crippen LogP contribution in [0.3, 0.4) is 0 Å². The van der Waals surface area contributed by atoms with E-state index in [2.05, 4.69) is 9.97 Å². The van der Waals surface area contributed by atoms with Gasteiger partial charge in [0.25, 0.3) is 5.91 Å². The Hall–Kier alpha value is -2.38. The van der Waals surface area contributed by atoms with Gasteiger partial charge in [0.1, 0.15) is 0 Å². The first kappa shape index (κ1) is 12.6. The monoisotopic (exact) mass is 278 g/mol. The summed E-state index contributed by atoms with van der Waals surface area (Å²) < 4.78 is 0. The van der Waals surface area contributed by atoms with Gasteiger partial charge < -0.3 is 19.9 Å². The van der Waals surface area contributed by atoms with Crippen LogP contribution < -0.4 is 0 Å². The molecule has 0 bridgehead atoms. The number of carboxylic acid groups (broad SMARTS) is 1. The summed E-state index contributed by atoms with van der Waals surface area (Å²) in [6, 6.07) is 0.0485. The Balaban J connectivity index is 1.77. The molecule has 3 rings (SSSR count). The second kappa shape index (κ2) is 4.62. The highest BCUT2D eigenvalue weighted by Gasteiger charge is 2.38. The number of carboxylic acids is 1. The third-order valence-corrected chi connectivity index (χ3v) is 3.84. The lowest BCUT2D eigenvalue weighted by atomic mass is 10.1. The highest BCUT2D eigenvalue weighted by atomic mass is 16.4. The van der Waals surface area contributed by atoms with E-state index in [1.165, 1.54) is 6.33 Å². The molecule has 8 nitrogen and oxygen atoms in total. The van der Waals surface area contributed by atoms with Gasteiger partial charge in [-0.2, -0.15) is 0 Å². The van der Waals surface area contributed by atoms with Crippen LogP contribution in [-0.2, 0) is 4.79 Å². The molecule has 2 amide bonds. The van der Waals surface area contributed by atoms with E-state index in [9.17, 15) is 14.4 Å². The SMILES string of the molecule is O=C(O)c1[nH]cnc1C(=O)N1CCN2C(=O)CCC2C1. The molecule has 0 spiro atoms. The molecular formula is C12H14N4O4. The second-order valence-corrected chi connectivity index (χ2v) is 4.96. The molecule has 3 heterocycles. The number of aromatic nitrogens is 2. The average molecular weight is 278 g/mol. The lowest BCUT2D eigenvalue weighted by Gasteiger charge is -2.37. The maximum atomic E-state index is 12.3. The maximum Gasteiger partial charge on any atom is 0.354 e. The minimum Gasteiger partial charge on any atom is -0.477 e. The second-order valence-electron chi connectivity index (χ2n) is 4.96. The molecule has 2 aliphatic rings. The molecular weight excluding hydrogens is 264 g/mol. The Morgan fingerprint density at radius 3 is 2.95 bits per heavy atom. The number of carbonyl (C=O) groups excluding carboxylic acids is 2. The molecule has 0 saturated carbocycles. The molecule has 106 valence electrons. The van der Waals surface area contributed by atoms with Gasteiger partial charge in [0.05, 0.1) is 6.33 Å². The summed E-state index contributed by atoms with van der Waals surface area (Å²) >= 11 is 0. The van der Waals surface area contributed by atoms with Gasteiger partial charge in [0, 0.05) is 32.1 Å². The maximum absolute atomic E-state index is 12.3. The predicted octanol–water partition coefficient (Wildman–Crippen LogP) is -0.445. The van der Waals surface area contributed by atoms with Crippen molar-refractivity contribution in [1.82, 2.24) is 19.8 Å². The lowest BCUT2D eigenvalue weighted by molar-refractivity contribution is -0.130. The van der Waals surface area contributed by atoms with Crippen molar-refractivity contribution in [3.8, 4) is 0 Å². The number of aromatic amines is 1. The van der Waals surface area contributed by atoms with Crippen molar-refractivity contribution < 1.29 is 19.5 Å². The molecule has 8 heteroatoms. The standard InChI is InChI=1S/C12H14N4O4/c17-8-2-1-7-5-15(3-4-16(7)8)11(18)9-10(12(19)20)14-6-13-9/h6-7H,1-5H2,(H,13,14)(H,19,20). The van der Waals surface area contributed by atoms with Crippen LogP contribution in [0.1, 0.15) is 33.8 Å². The van der Waals surface area contributed by atoms with E-state index in [4.69, 9.17) is 5.11 Å². The Labute approximate surface area is 114 Å². The molecule has 0 radical (unpaired) electrons. The van der Waals surface area contributed by atoms with E-state index in [0.717, 1.165) is 6.42 Å². The molecule has 1 atom stereocenters. The zero-order valence-electron chi connectivity index (χ0n) is 10.7. The van der Waals surface area contributed by atoms with E-state index in [1.54, 1.807) is 9.80 Å². The number of H-pyrrole nitrogens is 1. The number of carbonyl (C=O) groups is 3. The topological polar surface area (TPSA) is 107 Å². The smallest absolute Gasteiger partial charge is 0.354 e. The van der Waals surface area contributed by atoms with Crippen LogP contribution in [0.4, 0.5) is 0 Å². The Morgan fingerprint density at radius 1 is 1.40 bits per heavy atom. The van der Waals surface area contributed by atoms with Gasteiger partial charge >= 0.3 is 5.97 Å². The first-order chi connectivity index (χ1) is 9.58. The summed E-state index contributed by atoms with van der Waals surface area (Å²) in [5.74, 6) is -1.48. The van der Waals surface area contributed by atoms with Crippen molar-refractivity contribution >= 4 is 17.8 Å². The van der Waals surface area contributed by atoms with Crippen molar-refractivity contribution in [2.45, 2.75) is 18.9 Å². The average Bonchev–Trinajstić information content (AvgIpc) is 3.05. The van der Waals surface area contributed by atoms with Crippen LogP contribution in [0.15, 0.2) is 6.33 Å². The number of amides is 2. The number of hydrogen-bond acceptors (Lipinski definition) is 4. The molecule has 0 aromatic carbocycles. The quantitative estimate of drug-likeness (QED) is 0.762. The summed E-state index contributed by atoms with van der Waals surface area (Å²) in [4.78, 5) is 44.5. The molecule has 1 aromatic rings. The number of nitrogens with one attached hydrogen (secondary N) is 1. The van der Waals surface area contributed by atoms with Crippen LogP contribution in [-0.4, -0.2) is 68.3 Å². The largest absolute Gasteiger partial charge is 0.477 e. The fraction of sp³-hybridized carbons (Fsp3) is 0.500. The van der Waals surface area contributed by atoms with Crippen LogP contribution in [0.2, 0.25) is 0 Å². The summed E-state index contributed by atoms with van der Waals surface area (Å²) in [5.41, 5.74) is -0.268. The van der Waals surface area contributed by atoms with E-state index in [-0.39, 0.29) is 23.3 Å². The van der Waals surface area contributed by atoms with Crippen molar-refractivity contribution in [1.29, 1.82) is 0 Å². The van der Waals surface area contributed by atoms with Crippen molar-refractivity contribution in [3.63, 3.8) is 0 Å². The number of piperazine rings is 1. The lowest BCUT2D eigenvalue weighted by Crippen LogP contribution is -2.53. The molecule has 1 unspecified atom stereocenters. The zero-order chi connectivity index (χ0) is 14.3. The zero-order valence-corrected chi connectivity index (χ0v) is 10.7. The van der Waals surface area contributed by atoms with E-state index >= 15 is 0 Å². The van der Waals surface area contributed by atoms with Crippen LogP contribution in [0.5, 0.6) is 0 Å². The Morgan fingerprint density at radius 2 is 2.20 bits per heavy atom. The van der Waals surface area contributed by atoms with Gasteiger partial charge in [-0.25, -0.2) is 9.78 Å². The fourth-order valence-electron chi connectivity index (χ4n) is 2.82. The van der Waals surface area contributed by atoms with Gasteiger partial charge in [0.2, 0.25) is 5.91 Å². The minimum atomic E-state index is -1.21. The number of aromatic carboxylic acids is 1. The third-order valence-electron chi connectivity index (χ3n) is 3.84. The van der Waals surface area contributed by atoms with Gasteiger partial charge in [-0.3, -0.25) is 9.59 Å². The van der Waals surface area contributed by atoms with Gasteiger partial charge in [0.15, 0.2) is 11.4 Å². The van der Waals surface area contributed by atoms with Crippen molar-refractivity contribution in [3.05, 3.63) is 17.7 Å². The number of hydrogen-bond donors (Lipinski definition) is 2. The molecule has 1 aromatic heterocycles. The van der Waals surface area contributed by atoms with Crippen LogP contribution in [0.25, 0.3) is 0 Å². The first-order valence-corrected chi connectivity index (χ1v) is 6.43. The van der Waals surface area contributed by atoms with E-state index < -0.39 is 11.9 Å². The van der Waals surface area contributed by atoms with Gasteiger partial charge in [-0.1, -0.05) is 0 Å². The summed E-state index contributed by atoms with van der Waals surface area (Å²) in [7, 11) is 0. The minimum absolute atomic E-state index is 0.0485. The number of nitrogens with zero attached hydrogens (tertiary/aromatic N) is 3. The molecule has 0 aliphatic carbocycles. The number of imidazole rings is 1. The van der Waals surface area contributed by atoms with E-state index in [0.29, 0.717) is 26.1 Å². The normalized spacial score (nSPS) is 22.0. The third kappa shape index (κ3) is 1.93. The number of fused-ring (bicyclic) bond motifs is 1. The van der Waals surface area contributed by atoms with Crippen molar-refractivity contribution in [2.75, 3.05) is 19.6 Å². The molecule has 20 heavy (non-hydrogen) atoms. The summed E-state index contributed by atoms with van der Waals surface area (Å²) in [6.07, 6.45) is 2.47. The molecule has 2 N–H and O–H groups in total. The molecule has 2 saturated heterocycles. The first-order valence-electron chi connectivity index (χ1n) is 6.43. The van der Waals surface area contributed by atoms with Crippen LogP contribution in [0, 0.1) is 0 Å². The van der Waals surface area contributed by atoms with Gasteiger partial charge in [-0.05, 0) is 6.42 Å². The van der Waals surface area contributed by atoms with Gasteiger partial charge in [-0.15, -0.1) is 0 Å².